The molecule has 102 valence electrons. The molecule has 1 aliphatic heterocycles. The van der Waals surface area contributed by atoms with Gasteiger partial charge in [0.25, 0.3) is 0 Å². The van der Waals surface area contributed by atoms with Gasteiger partial charge in [0.2, 0.25) is 0 Å². The maximum absolute atomic E-state index is 4.21. The molecule has 0 radical (unpaired) electrons. The third kappa shape index (κ3) is 3.07. The normalized spacial score (nSPS) is 18.5. The fraction of sp³-hybridized carbons (Fsp3) is 0.538. The average Bonchev–Trinajstić information content (AvgIpc) is 2.97. The van der Waals surface area contributed by atoms with E-state index in [1.807, 2.05) is 6.92 Å². The standard InChI is InChI=1S/C13H17BrN4S/c1-9-16-17-13-3-2-10(7-18(9)13)5-15-6-11-4-12(14)19-8-11/h4,8,10,15H,2-3,5-7H2,1H3/t10-/m1/s1. The Hall–Kier alpha value is -0.720. The Balaban J connectivity index is 1.51. The molecule has 0 saturated carbocycles. The number of aromatic nitrogens is 3. The van der Waals surface area contributed by atoms with E-state index in [2.05, 4.69) is 47.5 Å². The van der Waals surface area contributed by atoms with Gasteiger partial charge < -0.3 is 9.88 Å². The molecule has 0 unspecified atom stereocenters. The van der Waals surface area contributed by atoms with E-state index in [9.17, 15) is 0 Å². The zero-order valence-corrected chi connectivity index (χ0v) is 13.3. The van der Waals surface area contributed by atoms with Gasteiger partial charge in [0.1, 0.15) is 11.6 Å². The molecule has 0 aliphatic carbocycles. The SMILES string of the molecule is Cc1nnc2n1C[C@@H](CNCc1csc(Br)c1)CC2. The summed E-state index contributed by atoms with van der Waals surface area (Å²) in [6, 6.07) is 2.18. The smallest absolute Gasteiger partial charge is 0.133 e. The Morgan fingerprint density at radius 1 is 1.53 bits per heavy atom. The second-order valence-electron chi connectivity index (χ2n) is 5.07. The van der Waals surface area contributed by atoms with Gasteiger partial charge in [0, 0.05) is 19.5 Å². The van der Waals surface area contributed by atoms with E-state index in [1.165, 1.54) is 15.8 Å². The Morgan fingerprint density at radius 3 is 3.21 bits per heavy atom. The first-order valence-electron chi connectivity index (χ1n) is 6.54. The van der Waals surface area contributed by atoms with Gasteiger partial charge in [-0.05, 0) is 58.7 Å². The zero-order valence-electron chi connectivity index (χ0n) is 10.9. The summed E-state index contributed by atoms with van der Waals surface area (Å²) in [5.41, 5.74) is 1.36. The molecule has 0 saturated heterocycles. The van der Waals surface area contributed by atoms with Crippen molar-refractivity contribution < 1.29 is 0 Å². The van der Waals surface area contributed by atoms with Crippen molar-refractivity contribution in [2.75, 3.05) is 6.54 Å². The minimum absolute atomic E-state index is 0.685. The lowest BCUT2D eigenvalue weighted by Crippen LogP contribution is -2.30. The second kappa shape index (κ2) is 5.73. The summed E-state index contributed by atoms with van der Waals surface area (Å²) in [6.45, 7) is 5.10. The fourth-order valence-corrected chi connectivity index (χ4v) is 3.76. The van der Waals surface area contributed by atoms with Crippen molar-refractivity contribution in [3.63, 3.8) is 0 Å². The first kappa shape index (κ1) is 13.3. The molecule has 0 amide bonds. The monoisotopic (exact) mass is 340 g/mol. The summed E-state index contributed by atoms with van der Waals surface area (Å²) < 4.78 is 3.46. The van der Waals surface area contributed by atoms with Crippen molar-refractivity contribution in [2.45, 2.75) is 32.9 Å². The fourth-order valence-electron chi connectivity index (χ4n) is 2.56. The van der Waals surface area contributed by atoms with Crippen LogP contribution in [0.3, 0.4) is 0 Å². The van der Waals surface area contributed by atoms with E-state index < -0.39 is 0 Å². The lowest BCUT2D eigenvalue weighted by Gasteiger charge is -2.24. The molecule has 19 heavy (non-hydrogen) atoms. The zero-order chi connectivity index (χ0) is 13.2. The van der Waals surface area contributed by atoms with Gasteiger partial charge in [0.15, 0.2) is 0 Å². The van der Waals surface area contributed by atoms with Crippen LogP contribution in [-0.4, -0.2) is 21.3 Å². The highest BCUT2D eigenvalue weighted by atomic mass is 79.9. The predicted molar refractivity (Wildman–Crippen MR) is 80.3 cm³/mol. The lowest BCUT2D eigenvalue weighted by atomic mass is 9.99. The number of hydrogen-bond acceptors (Lipinski definition) is 4. The molecule has 0 fully saturated rings. The van der Waals surface area contributed by atoms with Crippen molar-refractivity contribution in [2.24, 2.45) is 5.92 Å². The largest absolute Gasteiger partial charge is 0.315 e. The van der Waals surface area contributed by atoms with Crippen LogP contribution in [0, 0.1) is 12.8 Å². The minimum Gasteiger partial charge on any atom is -0.315 e. The number of hydrogen-bond donors (Lipinski definition) is 1. The van der Waals surface area contributed by atoms with Crippen molar-refractivity contribution in [1.29, 1.82) is 0 Å². The lowest BCUT2D eigenvalue weighted by molar-refractivity contribution is 0.344. The van der Waals surface area contributed by atoms with Gasteiger partial charge in [-0.1, -0.05) is 0 Å². The third-order valence-electron chi connectivity index (χ3n) is 3.61. The van der Waals surface area contributed by atoms with Crippen molar-refractivity contribution in [1.82, 2.24) is 20.1 Å². The van der Waals surface area contributed by atoms with Crippen LogP contribution in [0.15, 0.2) is 15.2 Å². The van der Waals surface area contributed by atoms with Crippen molar-refractivity contribution >= 4 is 27.3 Å². The van der Waals surface area contributed by atoms with Crippen molar-refractivity contribution in [3.8, 4) is 0 Å². The number of halogens is 1. The number of thiophene rings is 1. The molecule has 1 N–H and O–H groups in total. The van der Waals surface area contributed by atoms with Crippen LogP contribution in [-0.2, 0) is 19.5 Å². The van der Waals surface area contributed by atoms with Crippen LogP contribution in [0.5, 0.6) is 0 Å². The Kier molecular flexibility index (Phi) is 4.00. The number of nitrogens with one attached hydrogen (secondary N) is 1. The van der Waals surface area contributed by atoms with Gasteiger partial charge in [-0.25, -0.2) is 0 Å². The molecule has 4 nitrogen and oxygen atoms in total. The number of fused-ring (bicyclic) bond motifs is 1. The van der Waals surface area contributed by atoms with Crippen LogP contribution in [0.4, 0.5) is 0 Å². The quantitative estimate of drug-likeness (QED) is 0.930. The van der Waals surface area contributed by atoms with E-state index in [4.69, 9.17) is 0 Å². The van der Waals surface area contributed by atoms with E-state index in [0.29, 0.717) is 5.92 Å². The highest BCUT2D eigenvalue weighted by Crippen LogP contribution is 2.21. The molecule has 3 heterocycles. The second-order valence-corrected chi connectivity index (χ2v) is 7.36. The highest BCUT2D eigenvalue weighted by Gasteiger charge is 2.20. The minimum atomic E-state index is 0.685. The first-order valence-corrected chi connectivity index (χ1v) is 8.22. The Labute approximate surface area is 125 Å². The molecule has 0 bridgehead atoms. The Morgan fingerprint density at radius 2 is 2.42 bits per heavy atom. The summed E-state index contributed by atoms with van der Waals surface area (Å²) in [4.78, 5) is 0. The van der Waals surface area contributed by atoms with Gasteiger partial charge in [-0.15, -0.1) is 21.5 Å². The summed E-state index contributed by atoms with van der Waals surface area (Å²) >= 11 is 5.24. The summed E-state index contributed by atoms with van der Waals surface area (Å²) in [5, 5.41) is 14.1. The van der Waals surface area contributed by atoms with Gasteiger partial charge in [0.05, 0.1) is 3.79 Å². The number of rotatable bonds is 4. The molecule has 2 aromatic rings. The van der Waals surface area contributed by atoms with Gasteiger partial charge >= 0.3 is 0 Å². The molecule has 1 atom stereocenters. The summed E-state index contributed by atoms with van der Waals surface area (Å²) in [7, 11) is 0. The molecular weight excluding hydrogens is 324 g/mol. The predicted octanol–water partition coefficient (Wildman–Crippen LogP) is 2.76. The summed E-state index contributed by atoms with van der Waals surface area (Å²) in [5.74, 6) is 2.88. The number of aryl methyl sites for hydroxylation is 2. The van der Waals surface area contributed by atoms with Crippen LogP contribution >= 0.6 is 27.3 Å². The van der Waals surface area contributed by atoms with E-state index in [1.54, 1.807) is 11.3 Å². The topological polar surface area (TPSA) is 42.7 Å². The van der Waals surface area contributed by atoms with E-state index in [-0.39, 0.29) is 0 Å². The van der Waals surface area contributed by atoms with Crippen LogP contribution in [0.1, 0.15) is 23.6 Å². The van der Waals surface area contributed by atoms with E-state index >= 15 is 0 Å². The van der Waals surface area contributed by atoms with Crippen LogP contribution in [0.2, 0.25) is 0 Å². The van der Waals surface area contributed by atoms with Crippen LogP contribution < -0.4 is 5.32 Å². The molecule has 2 aromatic heterocycles. The molecule has 1 aliphatic rings. The number of nitrogens with zero attached hydrogens (tertiary/aromatic N) is 3. The maximum atomic E-state index is 4.21. The van der Waals surface area contributed by atoms with E-state index in [0.717, 1.165) is 37.7 Å². The molecule has 3 rings (SSSR count). The molecule has 0 spiro atoms. The van der Waals surface area contributed by atoms with Crippen molar-refractivity contribution in [3.05, 3.63) is 32.4 Å². The molecule has 6 heteroatoms. The third-order valence-corrected chi connectivity index (χ3v) is 5.17. The summed E-state index contributed by atoms with van der Waals surface area (Å²) in [6.07, 6.45) is 2.26. The maximum Gasteiger partial charge on any atom is 0.133 e. The molecular formula is C13H17BrN4S. The molecule has 0 aromatic carbocycles. The van der Waals surface area contributed by atoms with Crippen LogP contribution in [0.25, 0.3) is 0 Å². The first-order chi connectivity index (χ1) is 9.22. The van der Waals surface area contributed by atoms with Gasteiger partial charge in [-0.2, -0.15) is 0 Å². The highest BCUT2D eigenvalue weighted by molar-refractivity contribution is 9.11. The van der Waals surface area contributed by atoms with Gasteiger partial charge in [-0.3, -0.25) is 0 Å². The average molecular weight is 341 g/mol. The Bertz CT molecular complexity index is 563.